The van der Waals surface area contributed by atoms with Crippen LogP contribution in [-0.2, 0) is 9.59 Å². The zero-order chi connectivity index (χ0) is 16.4. The average Bonchev–Trinajstić information content (AvgIpc) is 2.80. The number of aryl methyl sites for hydroxylation is 1. The summed E-state index contributed by atoms with van der Waals surface area (Å²) in [6.45, 7) is 4.61. The molecule has 23 heavy (non-hydrogen) atoms. The third-order valence-electron chi connectivity index (χ3n) is 4.31. The molecule has 0 aliphatic carbocycles. The minimum atomic E-state index is -0.160. The number of carbonyl (C=O) groups excluding carboxylic acids is 2. The molecule has 1 aliphatic rings. The molecule has 1 saturated heterocycles. The monoisotopic (exact) mass is 314 g/mol. The summed E-state index contributed by atoms with van der Waals surface area (Å²) in [6, 6.07) is 7.48. The molecular formula is C18H22N2O3. The number of amides is 2. The van der Waals surface area contributed by atoms with Crippen LogP contribution in [0.15, 0.2) is 28.7 Å². The van der Waals surface area contributed by atoms with E-state index in [-0.39, 0.29) is 24.3 Å². The molecule has 1 aromatic carbocycles. The SMILES string of the molecule is Cc1cc2cc(NC(=O)CN3CCCCC(C)C3=O)ccc2o1. The van der Waals surface area contributed by atoms with Crippen molar-refractivity contribution in [2.45, 2.75) is 33.1 Å². The van der Waals surface area contributed by atoms with Gasteiger partial charge >= 0.3 is 0 Å². The van der Waals surface area contributed by atoms with Crippen LogP contribution in [0, 0.1) is 12.8 Å². The van der Waals surface area contributed by atoms with Crippen molar-refractivity contribution >= 4 is 28.5 Å². The number of nitrogens with one attached hydrogen (secondary N) is 1. The van der Waals surface area contributed by atoms with E-state index in [2.05, 4.69) is 5.32 Å². The third kappa shape index (κ3) is 3.55. The van der Waals surface area contributed by atoms with Crippen LogP contribution >= 0.6 is 0 Å². The molecular weight excluding hydrogens is 292 g/mol. The highest BCUT2D eigenvalue weighted by atomic mass is 16.3. The van der Waals surface area contributed by atoms with Crippen molar-refractivity contribution in [2.24, 2.45) is 5.92 Å². The van der Waals surface area contributed by atoms with Gasteiger partial charge in [-0.15, -0.1) is 0 Å². The minimum absolute atomic E-state index is 0.00977. The Bertz CT molecular complexity index is 735. The van der Waals surface area contributed by atoms with Crippen molar-refractivity contribution in [3.63, 3.8) is 0 Å². The fraction of sp³-hybridized carbons (Fsp3) is 0.444. The number of hydrogen-bond acceptors (Lipinski definition) is 3. The summed E-state index contributed by atoms with van der Waals surface area (Å²) >= 11 is 0. The lowest BCUT2D eigenvalue weighted by Gasteiger charge is -2.22. The summed E-state index contributed by atoms with van der Waals surface area (Å²) in [4.78, 5) is 26.2. The number of benzene rings is 1. The van der Waals surface area contributed by atoms with E-state index in [1.807, 2.05) is 38.1 Å². The summed E-state index contributed by atoms with van der Waals surface area (Å²) in [7, 11) is 0. The van der Waals surface area contributed by atoms with Gasteiger partial charge in [-0.3, -0.25) is 9.59 Å². The first-order chi connectivity index (χ1) is 11.0. The van der Waals surface area contributed by atoms with Crippen LogP contribution in [0.2, 0.25) is 0 Å². The lowest BCUT2D eigenvalue weighted by Crippen LogP contribution is -2.40. The molecule has 1 aliphatic heterocycles. The molecule has 0 spiro atoms. The number of anilines is 1. The van der Waals surface area contributed by atoms with Crippen molar-refractivity contribution in [1.29, 1.82) is 0 Å². The Hall–Kier alpha value is -2.30. The number of carbonyl (C=O) groups is 2. The molecule has 5 nitrogen and oxygen atoms in total. The van der Waals surface area contributed by atoms with Gasteiger partial charge in [-0.2, -0.15) is 0 Å². The first-order valence-corrected chi connectivity index (χ1v) is 8.12. The number of fused-ring (bicyclic) bond motifs is 1. The predicted molar refractivity (Wildman–Crippen MR) is 89.2 cm³/mol. The Kier molecular flexibility index (Phi) is 4.37. The zero-order valence-electron chi connectivity index (χ0n) is 13.6. The van der Waals surface area contributed by atoms with Gasteiger partial charge in [0.2, 0.25) is 11.8 Å². The summed E-state index contributed by atoms with van der Waals surface area (Å²) in [6.07, 6.45) is 2.92. The molecule has 2 amide bonds. The lowest BCUT2D eigenvalue weighted by atomic mass is 10.1. The van der Waals surface area contributed by atoms with Gasteiger partial charge in [-0.25, -0.2) is 0 Å². The second-order valence-corrected chi connectivity index (χ2v) is 6.31. The van der Waals surface area contributed by atoms with Crippen LogP contribution in [-0.4, -0.2) is 29.8 Å². The number of rotatable bonds is 3. The van der Waals surface area contributed by atoms with Crippen molar-refractivity contribution < 1.29 is 14.0 Å². The van der Waals surface area contributed by atoms with Gasteiger partial charge in [0.15, 0.2) is 0 Å². The van der Waals surface area contributed by atoms with Crippen molar-refractivity contribution in [3.05, 3.63) is 30.0 Å². The summed E-state index contributed by atoms with van der Waals surface area (Å²) in [5.41, 5.74) is 1.52. The topological polar surface area (TPSA) is 62.6 Å². The van der Waals surface area contributed by atoms with E-state index in [0.29, 0.717) is 6.54 Å². The van der Waals surface area contributed by atoms with E-state index in [4.69, 9.17) is 4.42 Å². The Balaban J connectivity index is 1.66. The van der Waals surface area contributed by atoms with E-state index < -0.39 is 0 Å². The molecule has 2 heterocycles. The molecule has 1 aromatic heterocycles. The lowest BCUT2D eigenvalue weighted by molar-refractivity contribution is -0.137. The quantitative estimate of drug-likeness (QED) is 0.945. The van der Waals surface area contributed by atoms with Crippen LogP contribution in [0.5, 0.6) is 0 Å². The van der Waals surface area contributed by atoms with Crippen LogP contribution < -0.4 is 5.32 Å². The Morgan fingerprint density at radius 3 is 3.00 bits per heavy atom. The van der Waals surface area contributed by atoms with E-state index >= 15 is 0 Å². The second kappa shape index (κ2) is 6.44. The molecule has 0 bridgehead atoms. The fourth-order valence-corrected chi connectivity index (χ4v) is 3.08. The smallest absolute Gasteiger partial charge is 0.243 e. The van der Waals surface area contributed by atoms with Gasteiger partial charge in [0, 0.05) is 23.5 Å². The van der Waals surface area contributed by atoms with Crippen LogP contribution in [0.4, 0.5) is 5.69 Å². The molecule has 2 aromatic rings. The summed E-state index contributed by atoms with van der Waals surface area (Å²) in [5.74, 6) is 0.772. The maximum absolute atomic E-state index is 12.3. The Morgan fingerprint density at radius 2 is 2.17 bits per heavy atom. The van der Waals surface area contributed by atoms with Gasteiger partial charge in [0.25, 0.3) is 0 Å². The highest BCUT2D eigenvalue weighted by Crippen LogP contribution is 2.23. The molecule has 1 atom stereocenters. The number of likely N-dealkylation sites (tertiary alicyclic amines) is 1. The minimum Gasteiger partial charge on any atom is -0.461 e. The summed E-state index contributed by atoms with van der Waals surface area (Å²) in [5, 5.41) is 3.83. The van der Waals surface area contributed by atoms with Crippen LogP contribution in [0.25, 0.3) is 11.0 Å². The van der Waals surface area contributed by atoms with E-state index in [0.717, 1.165) is 41.7 Å². The van der Waals surface area contributed by atoms with Crippen LogP contribution in [0.1, 0.15) is 31.9 Å². The Morgan fingerprint density at radius 1 is 1.35 bits per heavy atom. The number of nitrogens with zero attached hydrogens (tertiary/aromatic N) is 1. The van der Waals surface area contributed by atoms with Gasteiger partial charge in [-0.05, 0) is 44.0 Å². The van der Waals surface area contributed by atoms with Crippen molar-refractivity contribution in [2.75, 3.05) is 18.4 Å². The van der Waals surface area contributed by atoms with Crippen molar-refractivity contribution in [1.82, 2.24) is 4.90 Å². The molecule has 3 rings (SSSR count). The van der Waals surface area contributed by atoms with Gasteiger partial charge in [-0.1, -0.05) is 13.3 Å². The van der Waals surface area contributed by atoms with E-state index in [1.165, 1.54) is 0 Å². The number of furan rings is 1. The highest BCUT2D eigenvalue weighted by Gasteiger charge is 2.24. The Labute approximate surface area is 135 Å². The average molecular weight is 314 g/mol. The molecule has 5 heteroatoms. The molecule has 1 fully saturated rings. The zero-order valence-corrected chi connectivity index (χ0v) is 13.6. The second-order valence-electron chi connectivity index (χ2n) is 6.31. The van der Waals surface area contributed by atoms with Crippen molar-refractivity contribution in [3.8, 4) is 0 Å². The van der Waals surface area contributed by atoms with Crippen LogP contribution in [0.3, 0.4) is 0 Å². The van der Waals surface area contributed by atoms with Gasteiger partial charge in [0.1, 0.15) is 11.3 Å². The normalized spacial score (nSPS) is 19.0. The van der Waals surface area contributed by atoms with E-state index in [9.17, 15) is 9.59 Å². The highest BCUT2D eigenvalue weighted by molar-refractivity contribution is 5.96. The predicted octanol–water partition coefficient (Wildman–Crippen LogP) is 3.33. The summed E-state index contributed by atoms with van der Waals surface area (Å²) < 4.78 is 5.52. The molecule has 0 saturated carbocycles. The molecule has 1 N–H and O–H groups in total. The maximum Gasteiger partial charge on any atom is 0.243 e. The first kappa shape index (κ1) is 15.6. The first-order valence-electron chi connectivity index (χ1n) is 8.12. The molecule has 122 valence electrons. The molecule has 0 radical (unpaired) electrons. The maximum atomic E-state index is 12.3. The standard InChI is InChI=1S/C18H22N2O3/c1-12-5-3-4-8-20(18(12)22)11-17(21)19-15-6-7-16-14(10-15)9-13(2)23-16/h6-7,9-10,12H,3-5,8,11H2,1-2H3,(H,19,21). The molecule has 1 unspecified atom stereocenters. The third-order valence-corrected chi connectivity index (χ3v) is 4.31. The number of hydrogen-bond donors (Lipinski definition) is 1. The van der Waals surface area contributed by atoms with Gasteiger partial charge < -0.3 is 14.6 Å². The largest absolute Gasteiger partial charge is 0.461 e. The van der Waals surface area contributed by atoms with Gasteiger partial charge in [0.05, 0.1) is 6.54 Å². The fourth-order valence-electron chi connectivity index (χ4n) is 3.08. The van der Waals surface area contributed by atoms with E-state index in [1.54, 1.807) is 4.90 Å².